The van der Waals surface area contributed by atoms with E-state index in [0.29, 0.717) is 12.1 Å². The highest BCUT2D eigenvalue weighted by Gasteiger charge is 2.51. The summed E-state index contributed by atoms with van der Waals surface area (Å²) in [7, 11) is 0. The summed E-state index contributed by atoms with van der Waals surface area (Å²) in [5.74, 6) is 1.62. The predicted molar refractivity (Wildman–Crippen MR) is 400 cm³/mol. The monoisotopic (exact) mass is 1210 g/mol. The van der Waals surface area contributed by atoms with Crippen LogP contribution in [0.3, 0.4) is 0 Å². The third-order valence-electron chi connectivity index (χ3n) is 22.5. The van der Waals surface area contributed by atoms with Crippen LogP contribution in [-0.4, -0.2) is 30.1 Å². The van der Waals surface area contributed by atoms with Gasteiger partial charge in [-0.3, -0.25) is 0 Å². The van der Waals surface area contributed by atoms with Gasteiger partial charge in [0.2, 0.25) is 0 Å². The molecule has 8 heteroatoms. The van der Waals surface area contributed by atoms with E-state index in [0.717, 1.165) is 34.6 Å². The van der Waals surface area contributed by atoms with Gasteiger partial charge >= 0.3 is 0 Å². The van der Waals surface area contributed by atoms with Gasteiger partial charge in [-0.2, -0.15) is 0 Å². The van der Waals surface area contributed by atoms with Gasteiger partial charge in [0.05, 0.1) is 22.4 Å². The number of anilines is 13. The van der Waals surface area contributed by atoms with Crippen molar-refractivity contribution in [2.24, 2.45) is 11.8 Å². The Morgan fingerprint density at radius 3 is 1.12 bits per heavy atom. The average Bonchev–Trinajstić information content (AvgIpc) is 0.897. The standard InChI is InChI=1S/C87H64B2N6/c1-6-25-58(26-7-1)67-37-24-38-68(59-27-8-2-9-28-59)87(67)95-78-44-23-19-40-72(78)89-74-54-73-79(55-80(74)92(61-31-12-4-13-32-61)82-50-65(51-84(95)86(82)89)90-63-46-56-45-57(48-63)49-64(90)47-56)93(62-33-14-5-15-34-62)83-53-66(94-75-41-20-16-35-69(75)70-36-17-21-42-76(70)94)52-81-85(83)88(73)71-39-18-22-43-77(71)91(81)60-29-10-3-11-30-60/h1-44,50-57,63-64H,45-49H2. The summed E-state index contributed by atoms with van der Waals surface area (Å²) in [4.78, 5) is 13.5. The quantitative estimate of drug-likeness (QED) is 0.141. The number of aromatic nitrogens is 1. The van der Waals surface area contributed by atoms with Gasteiger partial charge in [-0.05, 0) is 179 Å². The molecule has 6 aliphatic heterocycles. The molecule has 0 unspecified atom stereocenters. The van der Waals surface area contributed by atoms with Gasteiger partial charge in [-0.1, -0.05) is 212 Å². The van der Waals surface area contributed by atoms with E-state index < -0.39 is 0 Å². The largest absolute Gasteiger partial charge is 0.365 e. The molecule has 2 aliphatic carbocycles. The van der Waals surface area contributed by atoms with Gasteiger partial charge in [0.25, 0.3) is 13.4 Å². The molecule has 6 nitrogen and oxygen atoms in total. The zero-order chi connectivity index (χ0) is 62.0. The summed E-state index contributed by atoms with van der Waals surface area (Å²) in [6, 6.07) is 116. The first-order chi connectivity index (χ1) is 47.1. The molecule has 13 aromatic carbocycles. The molecule has 0 spiro atoms. The van der Waals surface area contributed by atoms with Crippen molar-refractivity contribution >= 4 is 142 Å². The van der Waals surface area contributed by atoms with Crippen molar-refractivity contribution < 1.29 is 0 Å². The molecule has 0 N–H and O–H groups in total. The van der Waals surface area contributed by atoms with Gasteiger partial charge in [0.15, 0.2) is 0 Å². The zero-order valence-electron chi connectivity index (χ0n) is 52.6. The van der Waals surface area contributed by atoms with Crippen molar-refractivity contribution in [3.8, 4) is 27.9 Å². The Bertz CT molecular complexity index is 5310. The minimum atomic E-state index is -0.136. The van der Waals surface area contributed by atoms with Crippen LogP contribution in [0.1, 0.15) is 32.1 Å². The highest BCUT2D eigenvalue weighted by atomic mass is 15.2. The van der Waals surface area contributed by atoms with E-state index in [1.807, 2.05) is 0 Å². The second-order valence-electron chi connectivity index (χ2n) is 27.5. The first-order valence-electron chi connectivity index (χ1n) is 34.2. The maximum absolute atomic E-state index is 2.93. The molecule has 14 aromatic rings. The van der Waals surface area contributed by atoms with Crippen LogP contribution in [0.2, 0.25) is 0 Å². The molecule has 95 heavy (non-hydrogen) atoms. The normalized spacial score (nSPS) is 18.2. The van der Waals surface area contributed by atoms with Crippen molar-refractivity contribution in [3.63, 3.8) is 0 Å². The number of nitrogens with zero attached hydrogens (tertiary/aromatic N) is 6. The third kappa shape index (κ3) is 7.82. The van der Waals surface area contributed by atoms with Gasteiger partial charge in [-0.15, -0.1) is 0 Å². The highest BCUT2D eigenvalue weighted by Crippen LogP contribution is 2.56. The van der Waals surface area contributed by atoms with Gasteiger partial charge < -0.3 is 29.1 Å². The Labute approximate surface area is 555 Å². The van der Waals surface area contributed by atoms with Crippen molar-refractivity contribution in [1.82, 2.24) is 4.57 Å². The van der Waals surface area contributed by atoms with Gasteiger partial charge in [0.1, 0.15) is 0 Å². The topological polar surface area (TPSA) is 21.1 Å². The summed E-state index contributed by atoms with van der Waals surface area (Å²) < 4.78 is 2.51. The van der Waals surface area contributed by atoms with Gasteiger partial charge in [-0.25, -0.2) is 0 Å². The first kappa shape index (κ1) is 53.3. The van der Waals surface area contributed by atoms with Crippen LogP contribution in [-0.2, 0) is 0 Å². The number of benzene rings is 13. The fraction of sp³-hybridized carbons (Fsp3) is 0.103. The lowest BCUT2D eigenvalue weighted by atomic mass is 9.30. The number of fused-ring (bicyclic) bond motifs is 11. The van der Waals surface area contributed by atoms with Crippen molar-refractivity contribution in [2.75, 3.05) is 24.5 Å². The molecule has 0 atom stereocenters. The van der Waals surface area contributed by atoms with Crippen molar-refractivity contribution in [1.29, 1.82) is 0 Å². The number of hydrogen-bond donors (Lipinski definition) is 0. The zero-order valence-corrected chi connectivity index (χ0v) is 52.6. The lowest BCUT2D eigenvalue weighted by Crippen LogP contribution is -2.65. The van der Waals surface area contributed by atoms with Crippen molar-refractivity contribution in [3.05, 3.63) is 303 Å². The van der Waals surface area contributed by atoms with E-state index >= 15 is 0 Å². The Balaban J connectivity index is 0.881. The fourth-order valence-corrected chi connectivity index (χ4v) is 19.1. The van der Waals surface area contributed by atoms with Crippen molar-refractivity contribution in [2.45, 2.75) is 44.2 Å². The molecule has 2 saturated carbocycles. The smallest absolute Gasteiger partial charge is 0.252 e. The van der Waals surface area contributed by atoms with Crippen LogP contribution in [0.25, 0.3) is 49.7 Å². The predicted octanol–water partition coefficient (Wildman–Crippen LogP) is 18.1. The van der Waals surface area contributed by atoms with Crippen LogP contribution < -0.4 is 57.3 Å². The lowest BCUT2D eigenvalue weighted by Gasteiger charge is -2.58. The van der Waals surface area contributed by atoms with E-state index in [-0.39, 0.29) is 13.4 Å². The summed E-state index contributed by atoms with van der Waals surface area (Å²) in [5.41, 5.74) is 31.6. The van der Waals surface area contributed by atoms with E-state index in [1.165, 1.54) is 166 Å². The molecule has 1 aromatic heterocycles. The number of hydrogen-bond acceptors (Lipinski definition) is 5. The van der Waals surface area contributed by atoms with E-state index in [1.54, 1.807) is 0 Å². The van der Waals surface area contributed by atoms with Crippen LogP contribution in [0.15, 0.2) is 303 Å². The highest BCUT2D eigenvalue weighted by molar-refractivity contribution is 7.03. The fourth-order valence-electron chi connectivity index (χ4n) is 19.1. The molecule has 22 rings (SSSR count). The van der Waals surface area contributed by atoms with Crippen LogP contribution in [0.4, 0.5) is 73.9 Å². The summed E-state index contributed by atoms with van der Waals surface area (Å²) in [6.07, 6.45) is 6.47. The van der Waals surface area contributed by atoms with E-state index in [2.05, 4.69) is 332 Å². The Hall–Kier alpha value is -11.2. The maximum Gasteiger partial charge on any atom is 0.252 e. The Morgan fingerprint density at radius 2 is 0.642 bits per heavy atom. The molecule has 0 amide bonds. The molecule has 0 radical (unpaired) electrons. The molecule has 8 aliphatic rings. The minimum Gasteiger partial charge on any atom is -0.365 e. The summed E-state index contributed by atoms with van der Waals surface area (Å²) in [5, 5.41) is 2.48. The number of rotatable bonds is 8. The molecule has 448 valence electrons. The van der Waals surface area contributed by atoms with E-state index in [9.17, 15) is 0 Å². The van der Waals surface area contributed by atoms with E-state index in [4.69, 9.17) is 0 Å². The molecule has 4 fully saturated rings. The number of para-hydroxylation sites is 8. The molecular weight excluding hydrogens is 1150 g/mol. The lowest BCUT2D eigenvalue weighted by molar-refractivity contribution is 0.0900. The molecule has 2 saturated heterocycles. The average molecular weight is 1220 g/mol. The van der Waals surface area contributed by atoms with Crippen LogP contribution in [0, 0.1) is 11.8 Å². The second-order valence-corrected chi connectivity index (χ2v) is 27.5. The number of piperidine rings is 2. The Morgan fingerprint density at radius 1 is 0.263 bits per heavy atom. The van der Waals surface area contributed by atoms with Crippen LogP contribution >= 0.6 is 0 Å². The second kappa shape index (κ2) is 20.6. The minimum absolute atomic E-state index is 0.136. The summed E-state index contributed by atoms with van der Waals surface area (Å²) >= 11 is 0. The molecular formula is C87H64B2N6. The van der Waals surface area contributed by atoms with Gasteiger partial charge in [0, 0.05) is 102 Å². The summed E-state index contributed by atoms with van der Waals surface area (Å²) in [6.45, 7) is -0.272. The third-order valence-corrected chi connectivity index (χ3v) is 22.5. The molecule has 7 heterocycles. The van der Waals surface area contributed by atoms with Crippen LogP contribution in [0.5, 0.6) is 0 Å². The Kier molecular flexibility index (Phi) is 11.6. The maximum atomic E-state index is 2.93. The molecule has 4 bridgehead atoms. The SMILES string of the molecule is c1ccc(-c2cccc(-c3ccccc3)c2N2c3ccccc3B3c4cc5c(cc4N(c4ccccc4)c4cc(N6C7CC8CC(C7)CC6C8)cc2c43)N(c2ccccc2)c2cc(-n3c4ccccc4c4ccccc43)cc3c2B5c2ccccc2N3c2ccccc2)cc1. The first-order valence-corrected chi connectivity index (χ1v) is 34.2.